The zero-order valence-corrected chi connectivity index (χ0v) is 10.7. The first kappa shape index (κ1) is 14.2. The van der Waals surface area contributed by atoms with Crippen LogP contribution >= 0.6 is 0 Å². The van der Waals surface area contributed by atoms with Gasteiger partial charge < -0.3 is 4.74 Å². The number of esters is 1. The SMILES string of the molecule is C=C(CC)C(=O)OC(C)(CCC)C(C)C. The van der Waals surface area contributed by atoms with Gasteiger partial charge >= 0.3 is 5.97 Å². The predicted octanol–water partition coefficient (Wildman–Crippen LogP) is 3.71. The van der Waals surface area contributed by atoms with Crippen molar-refractivity contribution in [2.24, 2.45) is 5.92 Å². The van der Waals surface area contributed by atoms with Crippen molar-refractivity contribution in [1.29, 1.82) is 0 Å². The molecule has 0 aliphatic heterocycles. The topological polar surface area (TPSA) is 26.3 Å². The lowest BCUT2D eigenvalue weighted by Gasteiger charge is -2.33. The number of hydrogen-bond acceptors (Lipinski definition) is 2. The number of hydrogen-bond donors (Lipinski definition) is 0. The van der Waals surface area contributed by atoms with Crippen molar-refractivity contribution in [2.75, 3.05) is 0 Å². The van der Waals surface area contributed by atoms with E-state index in [1.165, 1.54) is 0 Å². The van der Waals surface area contributed by atoms with Crippen molar-refractivity contribution in [3.8, 4) is 0 Å². The average molecular weight is 212 g/mol. The second-order valence-electron chi connectivity index (χ2n) is 4.56. The second-order valence-corrected chi connectivity index (χ2v) is 4.56. The highest BCUT2D eigenvalue weighted by molar-refractivity contribution is 5.87. The van der Waals surface area contributed by atoms with Crippen LogP contribution in [0.2, 0.25) is 0 Å². The van der Waals surface area contributed by atoms with Crippen LogP contribution in [0.4, 0.5) is 0 Å². The molecule has 88 valence electrons. The Balaban J connectivity index is 4.55. The van der Waals surface area contributed by atoms with Crippen LogP contribution in [-0.2, 0) is 9.53 Å². The van der Waals surface area contributed by atoms with Gasteiger partial charge in [0.2, 0.25) is 0 Å². The third kappa shape index (κ3) is 4.06. The van der Waals surface area contributed by atoms with E-state index in [9.17, 15) is 4.79 Å². The molecular formula is C13H24O2. The summed E-state index contributed by atoms with van der Waals surface area (Å²) in [6, 6.07) is 0. The van der Waals surface area contributed by atoms with Gasteiger partial charge in [0.05, 0.1) is 0 Å². The van der Waals surface area contributed by atoms with Gasteiger partial charge in [-0.3, -0.25) is 0 Å². The maximum Gasteiger partial charge on any atom is 0.333 e. The first-order valence-electron chi connectivity index (χ1n) is 5.78. The first-order chi connectivity index (χ1) is 6.87. The van der Waals surface area contributed by atoms with Gasteiger partial charge in [-0.05, 0) is 25.7 Å². The molecule has 0 saturated carbocycles. The van der Waals surface area contributed by atoms with E-state index < -0.39 is 0 Å². The van der Waals surface area contributed by atoms with Crippen LogP contribution in [0.15, 0.2) is 12.2 Å². The van der Waals surface area contributed by atoms with E-state index in [4.69, 9.17) is 4.74 Å². The minimum absolute atomic E-state index is 0.248. The van der Waals surface area contributed by atoms with Crippen LogP contribution in [0.25, 0.3) is 0 Å². The molecule has 2 heteroatoms. The minimum atomic E-state index is -0.357. The standard InChI is InChI=1S/C13H24O2/c1-7-9-13(6,10(3)4)15-12(14)11(5)8-2/h10H,5,7-9H2,1-4,6H3. The maximum absolute atomic E-state index is 11.6. The van der Waals surface area contributed by atoms with Gasteiger partial charge in [0.1, 0.15) is 5.60 Å². The molecule has 0 N–H and O–H groups in total. The molecule has 0 bridgehead atoms. The van der Waals surface area contributed by atoms with Crippen molar-refractivity contribution >= 4 is 5.97 Å². The van der Waals surface area contributed by atoms with E-state index in [1.807, 2.05) is 13.8 Å². The monoisotopic (exact) mass is 212 g/mol. The summed E-state index contributed by atoms with van der Waals surface area (Å²) in [5.41, 5.74) is 0.196. The van der Waals surface area contributed by atoms with E-state index in [0.29, 0.717) is 17.9 Å². The molecule has 2 nitrogen and oxygen atoms in total. The Morgan fingerprint density at radius 3 is 2.27 bits per heavy atom. The lowest BCUT2D eigenvalue weighted by Crippen LogP contribution is -2.37. The highest BCUT2D eigenvalue weighted by Crippen LogP contribution is 2.28. The molecule has 0 heterocycles. The van der Waals surface area contributed by atoms with Crippen molar-refractivity contribution < 1.29 is 9.53 Å². The van der Waals surface area contributed by atoms with Crippen molar-refractivity contribution in [3.63, 3.8) is 0 Å². The zero-order valence-electron chi connectivity index (χ0n) is 10.7. The summed E-state index contributed by atoms with van der Waals surface area (Å²) in [7, 11) is 0. The largest absolute Gasteiger partial charge is 0.456 e. The molecule has 15 heavy (non-hydrogen) atoms. The third-order valence-corrected chi connectivity index (χ3v) is 3.01. The molecule has 1 unspecified atom stereocenters. The summed E-state index contributed by atoms with van der Waals surface area (Å²) in [6.07, 6.45) is 2.56. The number of rotatable bonds is 6. The first-order valence-corrected chi connectivity index (χ1v) is 5.78. The Morgan fingerprint density at radius 1 is 1.40 bits per heavy atom. The Morgan fingerprint density at radius 2 is 1.93 bits per heavy atom. The molecule has 0 amide bonds. The average Bonchev–Trinajstić information content (AvgIpc) is 2.16. The maximum atomic E-state index is 11.6. The summed E-state index contributed by atoms with van der Waals surface area (Å²) in [5, 5.41) is 0. The summed E-state index contributed by atoms with van der Waals surface area (Å²) in [6.45, 7) is 13.9. The minimum Gasteiger partial charge on any atom is -0.456 e. The normalized spacial score (nSPS) is 14.8. The van der Waals surface area contributed by atoms with Gasteiger partial charge in [-0.1, -0.05) is 40.7 Å². The second kappa shape index (κ2) is 5.94. The van der Waals surface area contributed by atoms with Crippen LogP contribution in [-0.4, -0.2) is 11.6 Å². The summed E-state index contributed by atoms with van der Waals surface area (Å²) in [5.74, 6) is 0.0770. The molecule has 0 radical (unpaired) electrons. The molecule has 0 rings (SSSR count). The Hall–Kier alpha value is -0.790. The summed E-state index contributed by atoms with van der Waals surface area (Å²) >= 11 is 0. The van der Waals surface area contributed by atoms with Gasteiger partial charge in [-0.25, -0.2) is 4.79 Å². The number of ether oxygens (including phenoxy) is 1. The van der Waals surface area contributed by atoms with Crippen molar-refractivity contribution in [3.05, 3.63) is 12.2 Å². The molecule has 0 saturated heterocycles. The van der Waals surface area contributed by atoms with Crippen LogP contribution in [0.1, 0.15) is 53.9 Å². The molecule has 0 aromatic carbocycles. The van der Waals surface area contributed by atoms with E-state index in [-0.39, 0.29) is 11.6 Å². The molecule has 1 atom stereocenters. The molecule has 0 spiro atoms. The summed E-state index contributed by atoms with van der Waals surface area (Å²) < 4.78 is 5.55. The summed E-state index contributed by atoms with van der Waals surface area (Å²) in [4.78, 5) is 11.6. The quantitative estimate of drug-likeness (QED) is 0.495. The zero-order chi connectivity index (χ0) is 12.1. The molecule has 0 aliphatic carbocycles. The van der Waals surface area contributed by atoms with Gasteiger partial charge in [-0.2, -0.15) is 0 Å². The molecular weight excluding hydrogens is 188 g/mol. The van der Waals surface area contributed by atoms with E-state index >= 15 is 0 Å². The molecule has 0 aliphatic rings. The Labute approximate surface area is 93.7 Å². The van der Waals surface area contributed by atoms with Gasteiger partial charge in [0.15, 0.2) is 0 Å². The van der Waals surface area contributed by atoms with Crippen LogP contribution in [0, 0.1) is 5.92 Å². The van der Waals surface area contributed by atoms with E-state index in [2.05, 4.69) is 27.4 Å². The Bertz CT molecular complexity index is 231. The predicted molar refractivity (Wildman–Crippen MR) is 63.7 cm³/mol. The van der Waals surface area contributed by atoms with E-state index in [1.54, 1.807) is 0 Å². The smallest absolute Gasteiger partial charge is 0.333 e. The highest BCUT2D eigenvalue weighted by atomic mass is 16.6. The van der Waals surface area contributed by atoms with Crippen LogP contribution in [0.5, 0.6) is 0 Å². The fraction of sp³-hybridized carbons (Fsp3) is 0.769. The van der Waals surface area contributed by atoms with Crippen LogP contribution in [0.3, 0.4) is 0 Å². The lowest BCUT2D eigenvalue weighted by atomic mass is 9.87. The van der Waals surface area contributed by atoms with Gasteiger partial charge in [0.25, 0.3) is 0 Å². The number of carbonyl (C=O) groups is 1. The molecule has 0 fully saturated rings. The van der Waals surface area contributed by atoms with Crippen molar-refractivity contribution in [1.82, 2.24) is 0 Å². The Kier molecular flexibility index (Phi) is 5.63. The molecule has 0 aromatic heterocycles. The molecule has 0 aromatic rings. The number of carbonyl (C=O) groups excluding carboxylic acids is 1. The fourth-order valence-electron chi connectivity index (χ4n) is 1.38. The highest BCUT2D eigenvalue weighted by Gasteiger charge is 2.31. The van der Waals surface area contributed by atoms with Gasteiger partial charge in [0, 0.05) is 5.57 Å². The van der Waals surface area contributed by atoms with Gasteiger partial charge in [-0.15, -0.1) is 0 Å². The fourth-order valence-corrected chi connectivity index (χ4v) is 1.38. The third-order valence-electron chi connectivity index (χ3n) is 3.01. The lowest BCUT2D eigenvalue weighted by molar-refractivity contribution is -0.158. The van der Waals surface area contributed by atoms with Crippen molar-refractivity contribution in [2.45, 2.75) is 59.5 Å². The van der Waals surface area contributed by atoms with Crippen LogP contribution < -0.4 is 0 Å². The van der Waals surface area contributed by atoms with E-state index in [0.717, 1.165) is 12.8 Å².